The molecule has 0 N–H and O–H groups in total. The Morgan fingerprint density at radius 3 is 2.35 bits per heavy atom. The molecule has 3 atom stereocenters. The van der Waals surface area contributed by atoms with Gasteiger partial charge in [-0.3, -0.25) is 9.69 Å². The van der Waals surface area contributed by atoms with Gasteiger partial charge < -0.3 is 9.47 Å². The molecule has 0 aliphatic carbocycles. The van der Waals surface area contributed by atoms with Gasteiger partial charge in [0, 0.05) is 31.2 Å². The SMILES string of the molecule is Cc1nc2ccccc2n1C1C[C@H]2CC[C@@H](C1)N2CCC1(c2ccccc2)CCN(C(=O)c2ccc(Br)s2)CC1. The van der Waals surface area contributed by atoms with Gasteiger partial charge in [0.2, 0.25) is 0 Å². The molecule has 2 aromatic carbocycles. The molecule has 5 heterocycles. The second kappa shape index (κ2) is 10.7. The summed E-state index contributed by atoms with van der Waals surface area (Å²) in [6.45, 7) is 4.97. The van der Waals surface area contributed by atoms with E-state index in [1.54, 1.807) is 0 Å². The van der Waals surface area contributed by atoms with Gasteiger partial charge in [0.1, 0.15) is 5.82 Å². The maximum Gasteiger partial charge on any atom is 0.263 e. The summed E-state index contributed by atoms with van der Waals surface area (Å²) in [6.07, 6.45) is 8.27. The van der Waals surface area contributed by atoms with E-state index in [-0.39, 0.29) is 11.3 Å². The number of thiophene rings is 1. The number of amides is 1. The van der Waals surface area contributed by atoms with Gasteiger partial charge in [0.25, 0.3) is 5.91 Å². The fourth-order valence-corrected chi connectivity index (χ4v) is 9.34. The van der Waals surface area contributed by atoms with Gasteiger partial charge in [-0.25, -0.2) is 4.98 Å². The van der Waals surface area contributed by atoms with Crippen molar-refractivity contribution < 1.29 is 4.79 Å². The van der Waals surface area contributed by atoms with Crippen LogP contribution in [-0.2, 0) is 5.41 Å². The Kier molecular flexibility index (Phi) is 7.09. The van der Waals surface area contributed by atoms with E-state index in [4.69, 9.17) is 4.98 Å². The molecule has 0 saturated carbocycles. The lowest BCUT2D eigenvalue weighted by Crippen LogP contribution is -2.49. The number of piperidine rings is 2. The van der Waals surface area contributed by atoms with Gasteiger partial charge in [-0.1, -0.05) is 42.5 Å². The summed E-state index contributed by atoms with van der Waals surface area (Å²) in [7, 11) is 0. The third kappa shape index (κ3) is 4.74. The van der Waals surface area contributed by atoms with E-state index in [0.717, 1.165) is 58.9 Å². The molecule has 3 fully saturated rings. The fourth-order valence-electron chi connectivity index (χ4n) is 7.99. The Labute approximate surface area is 249 Å². The molecule has 2 aromatic heterocycles. The highest BCUT2D eigenvalue weighted by Crippen LogP contribution is 2.45. The van der Waals surface area contributed by atoms with Crippen molar-refractivity contribution in [3.63, 3.8) is 0 Å². The third-order valence-corrected chi connectivity index (χ3v) is 11.6. The summed E-state index contributed by atoms with van der Waals surface area (Å²) < 4.78 is 3.55. The topological polar surface area (TPSA) is 41.4 Å². The van der Waals surface area contributed by atoms with E-state index in [2.05, 4.69) is 91.8 Å². The number of carbonyl (C=O) groups excluding carboxylic acids is 1. The van der Waals surface area contributed by atoms with Crippen LogP contribution in [-0.4, -0.2) is 57.0 Å². The van der Waals surface area contributed by atoms with E-state index in [9.17, 15) is 4.79 Å². The number of imidazole rings is 1. The smallest absolute Gasteiger partial charge is 0.263 e. The quantitative estimate of drug-likeness (QED) is 0.224. The number of fused-ring (bicyclic) bond motifs is 3. The van der Waals surface area contributed by atoms with Crippen molar-refractivity contribution in [2.75, 3.05) is 19.6 Å². The molecule has 40 heavy (non-hydrogen) atoms. The third-order valence-electron chi connectivity index (χ3n) is 10.0. The number of benzene rings is 2. The van der Waals surface area contributed by atoms with E-state index < -0.39 is 0 Å². The van der Waals surface area contributed by atoms with Crippen LogP contribution in [0.15, 0.2) is 70.5 Å². The highest BCUT2D eigenvalue weighted by molar-refractivity contribution is 9.11. The predicted octanol–water partition coefficient (Wildman–Crippen LogP) is 7.60. The average Bonchev–Trinajstić information content (AvgIpc) is 3.64. The first kappa shape index (κ1) is 26.4. The first-order chi connectivity index (χ1) is 19.5. The first-order valence-corrected chi connectivity index (χ1v) is 16.4. The van der Waals surface area contributed by atoms with Gasteiger partial charge in [0.15, 0.2) is 0 Å². The Morgan fingerprint density at radius 1 is 0.950 bits per heavy atom. The van der Waals surface area contributed by atoms with Crippen LogP contribution in [0, 0.1) is 6.92 Å². The molecule has 2 bridgehead atoms. The van der Waals surface area contributed by atoms with Crippen LogP contribution in [0.25, 0.3) is 11.0 Å². The Morgan fingerprint density at radius 2 is 1.65 bits per heavy atom. The van der Waals surface area contributed by atoms with Crippen LogP contribution in [0.4, 0.5) is 0 Å². The average molecular weight is 618 g/mol. The van der Waals surface area contributed by atoms with Crippen molar-refractivity contribution in [2.24, 2.45) is 0 Å². The molecular formula is C33H37BrN4OS. The Hall–Kier alpha value is -2.48. The molecule has 1 unspecified atom stereocenters. The number of halogens is 1. The predicted molar refractivity (Wildman–Crippen MR) is 166 cm³/mol. The zero-order valence-electron chi connectivity index (χ0n) is 23.1. The van der Waals surface area contributed by atoms with Crippen molar-refractivity contribution in [3.8, 4) is 0 Å². The number of nitrogens with zero attached hydrogens (tertiary/aromatic N) is 4. The van der Waals surface area contributed by atoms with Crippen LogP contribution < -0.4 is 0 Å². The van der Waals surface area contributed by atoms with E-state index in [1.165, 1.54) is 48.1 Å². The minimum atomic E-state index is 0.126. The number of hydrogen-bond donors (Lipinski definition) is 0. The maximum atomic E-state index is 13.2. The number of aryl methyl sites for hydroxylation is 1. The molecular weight excluding hydrogens is 580 g/mol. The van der Waals surface area contributed by atoms with Crippen molar-refractivity contribution in [3.05, 3.63) is 86.8 Å². The summed E-state index contributed by atoms with van der Waals surface area (Å²) in [6, 6.07) is 25.5. The minimum absolute atomic E-state index is 0.126. The lowest BCUT2D eigenvalue weighted by Gasteiger charge is -2.45. The lowest BCUT2D eigenvalue weighted by atomic mass is 9.70. The Balaban J connectivity index is 1.06. The molecule has 3 aliphatic rings. The maximum absolute atomic E-state index is 13.2. The highest BCUT2D eigenvalue weighted by atomic mass is 79.9. The normalized spacial score (nSPS) is 24.6. The standard InChI is InChI=1S/C33H37BrN4OS/c1-23-35-28-9-5-6-10-29(28)38(23)27-21-25-11-12-26(22-27)37(25)20-17-33(24-7-3-2-4-8-24)15-18-36(19-16-33)32(39)30-13-14-31(34)40-30/h2-10,13-14,25-27H,11-12,15-22H2,1H3/t25-,26+,27?. The molecule has 0 radical (unpaired) electrons. The van der Waals surface area contributed by atoms with Gasteiger partial charge in [0.05, 0.1) is 19.7 Å². The fraction of sp³-hybridized carbons (Fsp3) is 0.455. The van der Waals surface area contributed by atoms with Crippen LogP contribution in [0.2, 0.25) is 0 Å². The second-order valence-corrected chi connectivity index (χ2v) is 14.5. The summed E-state index contributed by atoms with van der Waals surface area (Å²) in [5.41, 5.74) is 3.98. The molecule has 208 valence electrons. The molecule has 7 rings (SSSR count). The number of aromatic nitrogens is 2. The first-order valence-electron chi connectivity index (χ1n) is 14.8. The number of carbonyl (C=O) groups is 1. The molecule has 1 amide bonds. The highest BCUT2D eigenvalue weighted by Gasteiger charge is 2.44. The van der Waals surface area contributed by atoms with Crippen molar-refractivity contribution in [1.29, 1.82) is 0 Å². The summed E-state index contributed by atoms with van der Waals surface area (Å²) in [4.78, 5) is 23.8. The van der Waals surface area contributed by atoms with Crippen molar-refractivity contribution in [1.82, 2.24) is 19.4 Å². The molecule has 3 saturated heterocycles. The van der Waals surface area contributed by atoms with Gasteiger partial charge in [-0.05, 0) is 110 Å². The van der Waals surface area contributed by atoms with Crippen molar-refractivity contribution in [2.45, 2.75) is 75.4 Å². The van der Waals surface area contributed by atoms with Gasteiger partial charge >= 0.3 is 0 Å². The van der Waals surface area contributed by atoms with Crippen molar-refractivity contribution >= 4 is 44.2 Å². The van der Waals surface area contributed by atoms with Gasteiger partial charge in [-0.15, -0.1) is 11.3 Å². The second-order valence-electron chi connectivity index (χ2n) is 12.1. The minimum Gasteiger partial charge on any atom is -0.338 e. The van der Waals surface area contributed by atoms with E-state index in [0.29, 0.717) is 18.1 Å². The monoisotopic (exact) mass is 616 g/mol. The molecule has 7 heteroatoms. The lowest BCUT2D eigenvalue weighted by molar-refractivity contribution is 0.0611. The van der Waals surface area contributed by atoms with Crippen LogP contribution in [0.3, 0.4) is 0 Å². The van der Waals surface area contributed by atoms with Crippen LogP contribution in [0.1, 0.15) is 72.0 Å². The zero-order valence-corrected chi connectivity index (χ0v) is 25.5. The molecule has 0 spiro atoms. The summed E-state index contributed by atoms with van der Waals surface area (Å²) >= 11 is 5.05. The molecule has 3 aliphatic heterocycles. The number of rotatable bonds is 6. The largest absolute Gasteiger partial charge is 0.338 e. The van der Waals surface area contributed by atoms with Gasteiger partial charge in [-0.2, -0.15) is 0 Å². The number of para-hydroxylation sites is 2. The number of hydrogen-bond acceptors (Lipinski definition) is 4. The van der Waals surface area contributed by atoms with E-state index >= 15 is 0 Å². The summed E-state index contributed by atoms with van der Waals surface area (Å²) in [5.74, 6) is 1.33. The number of likely N-dealkylation sites (tertiary alicyclic amines) is 1. The zero-order chi connectivity index (χ0) is 27.3. The molecule has 4 aromatic rings. The van der Waals surface area contributed by atoms with Crippen LogP contribution in [0.5, 0.6) is 0 Å². The Bertz CT molecular complexity index is 1490. The van der Waals surface area contributed by atoms with E-state index in [1.807, 2.05) is 12.1 Å². The molecule has 5 nitrogen and oxygen atoms in total. The summed E-state index contributed by atoms with van der Waals surface area (Å²) in [5, 5.41) is 0. The van der Waals surface area contributed by atoms with Crippen LogP contribution >= 0.6 is 27.3 Å².